The highest BCUT2D eigenvalue weighted by Gasteiger charge is 2.00. The summed E-state index contributed by atoms with van der Waals surface area (Å²) < 4.78 is 0. The molecule has 0 bridgehead atoms. The molecular weight excluding hydrogens is 186 g/mol. The van der Waals surface area contributed by atoms with Crippen LogP contribution in [0.15, 0.2) is 29.1 Å². The molecule has 0 unspecified atom stereocenters. The monoisotopic (exact) mass is 193 g/mol. The number of aromatic amines is 1. The standard InChI is InChI=1S/C10H8ClNO/c1-6-5-7-3-2-4-8(11)9(7)12-10(6)13/h2-5H,1H3,(H,12,13). The molecule has 0 radical (unpaired) electrons. The summed E-state index contributed by atoms with van der Waals surface area (Å²) in [6.07, 6.45) is 0. The Kier molecular flexibility index (Phi) is 1.85. The van der Waals surface area contributed by atoms with Crippen molar-refractivity contribution >= 4 is 22.5 Å². The van der Waals surface area contributed by atoms with Crippen molar-refractivity contribution in [2.45, 2.75) is 6.92 Å². The Morgan fingerprint density at radius 2 is 2.15 bits per heavy atom. The maximum absolute atomic E-state index is 11.3. The number of rotatable bonds is 0. The minimum Gasteiger partial charge on any atom is -0.320 e. The Morgan fingerprint density at radius 1 is 1.38 bits per heavy atom. The van der Waals surface area contributed by atoms with E-state index in [1.54, 1.807) is 13.0 Å². The molecule has 0 fully saturated rings. The Hall–Kier alpha value is -1.28. The average Bonchev–Trinajstić information content (AvgIpc) is 2.09. The molecule has 1 N–H and O–H groups in total. The van der Waals surface area contributed by atoms with Crippen LogP contribution < -0.4 is 5.56 Å². The van der Waals surface area contributed by atoms with Gasteiger partial charge >= 0.3 is 0 Å². The maximum atomic E-state index is 11.3. The first-order chi connectivity index (χ1) is 6.18. The minimum atomic E-state index is -0.0828. The van der Waals surface area contributed by atoms with Gasteiger partial charge in [-0.05, 0) is 19.1 Å². The average molecular weight is 194 g/mol. The Balaban J connectivity index is 2.97. The molecule has 1 aromatic heterocycles. The van der Waals surface area contributed by atoms with Gasteiger partial charge in [-0.3, -0.25) is 4.79 Å². The summed E-state index contributed by atoms with van der Waals surface area (Å²) >= 11 is 5.91. The number of aromatic nitrogens is 1. The third kappa shape index (κ3) is 1.33. The van der Waals surface area contributed by atoms with Crippen molar-refractivity contribution in [3.8, 4) is 0 Å². The summed E-state index contributed by atoms with van der Waals surface area (Å²) in [5.41, 5.74) is 1.33. The van der Waals surface area contributed by atoms with Crippen molar-refractivity contribution in [1.29, 1.82) is 0 Å². The lowest BCUT2D eigenvalue weighted by Crippen LogP contribution is -2.08. The second-order valence-corrected chi connectivity index (χ2v) is 3.39. The normalized spacial score (nSPS) is 10.6. The number of halogens is 1. The second kappa shape index (κ2) is 2.89. The fourth-order valence-electron chi connectivity index (χ4n) is 1.30. The van der Waals surface area contributed by atoms with Crippen LogP contribution in [0.5, 0.6) is 0 Å². The van der Waals surface area contributed by atoms with Crippen molar-refractivity contribution in [3.63, 3.8) is 0 Å². The van der Waals surface area contributed by atoms with E-state index < -0.39 is 0 Å². The number of nitrogens with one attached hydrogen (secondary N) is 1. The van der Waals surface area contributed by atoms with Gasteiger partial charge in [-0.15, -0.1) is 0 Å². The molecule has 0 aliphatic rings. The third-order valence-electron chi connectivity index (χ3n) is 2.01. The van der Waals surface area contributed by atoms with Crippen molar-refractivity contribution in [2.24, 2.45) is 0 Å². The maximum Gasteiger partial charge on any atom is 0.251 e. The minimum absolute atomic E-state index is 0.0828. The topological polar surface area (TPSA) is 32.9 Å². The summed E-state index contributed by atoms with van der Waals surface area (Å²) in [6.45, 7) is 1.78. The zero-order chi connectivity index (χ0) is 9.42. The molecule has 66 valence electrons. The highest BCUT2D eigenvalue weighted by atomic mass is 35.5. The van der Waals surface area contributed by atoms with Gasteiger partial charge in [0.05, 0.1) is 10.5 Å². The SMILES string of the molecule is Cc1cc2cccc(Cl)c2[nH]c1=O. The van der Waals surface area contributed by atoms with Gasteiger partial charge in [0.1, 0.15) is 0 Å². The molecule has 0 aliphatic carbocycles. The van der Waals surface area contributed by atoms with E-state index in [1.807, 2.05) is 18.2 Å². The van der Waals surface area contributed by atoms with Gasteiger partial charge in [0.15, 0.2) is 0 Å². The lowest BCUT2D eigenvalue weighted by Gasteiger charge is -2.00. The number of hydrogen-bond acceptors (Lipinski definition) is 1. The predicted octanol–water partition coefficient (Wildman–Crippen LogP) is 2.49. The number of hydrogen-bond donors (Lipinski definition) is 1. The van der Waals surface area contributed by atoms with Crippen LogP contribution in [0.4, 0.5) is 0 Å². The van der Waals surface area contributed by atoms with Gasteiger partial charge in [-0.2, -0.15) is 0 Å². The van der Waals surface area contributed by atoms with Crippen molar-refractivity contribution in [2.75, 3.05) is 0 Å². The summed E-state index contributed by atoms with van der Waals surface area (Å²) in [5.74, 6) is 0. The molecule has 0 spiro atoms. The fraction of sp³-hybridized carbons (Fsp3) is 0.100. The molecule has 13 heavy (non-hydrogen) atoms. The van der Waals surface area contributed by atoms with E-state index in [0.29, 0.717) is 16.1 Å². The smallest absolute Gasteiger partial charge is 0.251 e. The van der Waals surface area contributed by atoms with Gasteiger partial charge in [-0.1, -0.05) is 23.7 Å². The van der Waals surface area contributed by atoms with Gasteiger partial charge in [0, 0.05) is 10.9 Å². The Bertz CT molecular complexity index is 516. The van der Waals surface area contributed by atoms with E-state index in [0.717, 1.165) is 5.39 Å². The van der Waals surface area contributed by atoms with E-state index in [9.17, 15) is 4.79 Å². The van der Waals surface area contributed by atoms with E-state index >= 15 is 0 Å². The zero-order valence-electron chi connectivity index (χ0n) is 7.10. The number of aryl methyl sites for hydroxylation is 1. The Labute approximate surface area is 80.2 Å². The quantitative estimate of drug-likeness (QED) is 0.685. The first-order valence-corrected chi connectivity index (χ1v) is 4.34. The van der Waals surface area contributed by atoms with Gasteiger partial charge in [0.2, 0.25) is 0 Å². The van der Waals surface area contributed by atoms with Crippen LogP contribution in [0.2, 0.25) is 5.02 Å². The van der Waals surface area contributed by atoms with E-state index in [2.05, 4.69) is 4.98 Å². The third-order valence-corrected chi connectivity index (χ3v) is 2.33. The number of fused-ring (bicyclic) bond motifs is 1. The zero-order valence-corrected chi connectivity index (χ0v) is 7.85. The van der Waals surface area contributed by atoms with Gasteiger partial charge in [0.25, 0.3) is 5.56 Å². The van der Waals surface area contributed by atoms with Crippen LogP contribution in [0.25, 0.3) is 10.9 Å². The van der Waals surface area contributed by atoms with E-state index in [1.165, 1.54) is 0 Å². The number of H-pyrrole nitrogens is 1. The van der Waals surface area contributed by atoms with Crippen molar-refractivity contribution in [3.05, 3.63) is 45.2 Å². The molecule has 0 amide bonds. The van der Waals surface area contributed by atoms with E-state index in [-0.39, 0.29) is 5.56 Å². The molecule has 0 saturated heterocycles. The molecule has 1 heterocycles. The first kappa shape index (κ1) is 8.32. The van der Waals surface area contributed by atoms with Crippen LogP contribution in [-0.4, -0.2) is 4.98 Å². The van der Waals surface area contributed by atoms with Crippen LogP contribution in [0, 0.1) is 6.92 Å². The molecule has 1 aromatic carbocycles. The Morgan fingerprint density at radius 3 is 2.92 bits per heavy atom. The molecule has 2 aromatic rings. The van der Waals surface area contributed by atoms with Crippen molar-refractivity contribution < 1.29 is 0 Å². The van der Waals surface area contributed by atoms with Gasteiger partial charge in [-0.25, -0.2) is 0 Å². The molecule has 0 saturated carbocycles. The summed E-state index contributed by atoms with van der Waals surface area (Å²) in [6, 6.07) is 7.38. The van der Waals surface area contributed by atoms with Crippen LogP contribution >= 0.6 is 11.6 Å². The van der Waals surface area contributed by atoms with Crippen LogP contribution in [-0.2, 0) is 0 Å². The fourth-order valence-corrected chi connectivity index (χ4v) is 1.53. The van der Waals surface area contributed by atoms with Gasteiger partial charge < -0.3 is 4.98 Å². The molecule has 2 nitrogen and oxygen atoms in total. The second-order valence-electron chi connectivity index (χ2n) is 2.99. The first-order valence-electron chi connectivity index (χ1n) is 3.96. The lowest BCUT2D eigenvalue weighted by molar-refractivity contribution is 1.24. The van der Waals surface area contributed by atoms with Crippen LogP contribution in [0.1, 0.15) is 5.56 Å². The number of benzene rings is 1. The summed E-state index contributed by atoms with van der Waals surface area (Å²) in [5, 5.41) is 1.54. The predicted molar refractivity (Wildman–Crippen MR) is 54.3 cm³/mol. The molecule has 0 atom stereocenters. The van der Waals surface area contributed by atoms with Crippen LogP contribution in [0.3, 0.4) is 0 Å². The highest BCUT2D eigenvalue weighted by Crippen LogP contribution is 2.19. The number of pyridine rings is 1. The lowest BCUT2D eigenvalue weighted by atomic mass is 10.2. The largest absolute Gasteiger partial charge is 0.320 e. The molecular formula is C10H8ClNO. The molecule has 0 aliphatic heterocycles. The molecule has 3 heteroatoms. The van der Waals surface area contributed by atoms with Crippen molar-refractivity contribution in [1.82, 2.24) is 4.98 Å². The molecule has 2 rings (SSSR count). The summed E-state index contributed by atoms with van der Waals surface area (Å²) in [4.78, 5) is 14.0. The summed E-state index contributed by atoms with van der Waals surface area (Å²) in [7, 11) is 0. The number of para-hydroxylation sites is 1. The highest BCUT2D eigenvalue weighted by molar-refractivity contribution is 6.35. The van der Waals surface area contributed by atoms with E-state index in [4.69, 9.17) is 11.6 Å².